The van der Waals surface area contributed by atoms with Crippen LogP contribution in [-0.4, -0.2) is 23.7 Å². The van der Waals surface area contributed by atoms with E-state index in [4.69, 9.17) is 4.10 Å². The van der Waals surface area contributed by atoms with Gasteiger partial charge in [-0.1, -0.05) is 0 Å². The van der Waals surface area contributed by atoms with Gasteiger partial charge in [0.1, 0.15) is 0 Å². The molecule has 0 amide bonds. The second-order valence-electron chi connectivity index (χ2n) is 2.18. The average molecular weight is 263 g/mol. The molecule has 7 nitrogen and oxygen atoms in total. The molecule has 1 aromatic rings. The van der Waals surface area contributed by atoms with Crippen molar-refractivity contribution in [1.82, 2.24) is 0 Å². The van der Waals surface area contributed by atoms with Crippen LogP contribution < -0.4 is 3.73 Å². The van der Waals surface area contributed by atoms with E-state index in [1.807, 2.05) is 0 Å². The minimum absolute atomic E-state index is 0.0411. The van der Waals surface area contributed by atoms with Crippen molar-refractivity contribution in [3.63, 3.8) is 0 Å². The minimum atomic E-state index is -5.30. The van der Waals surface area contributed by atoms with E-state index >= 15 is 0 Å². The predicted octanol–water partition coefficient (Wildman–Crippen LogP) is 0.132. The first-order chi connectivity index (χ1) is 6.49. The molecule has 14 heavy (non-hydrogen) atoms. The van der Waals surface area contributed by atoms with Gasteiger partial charge < -0.3 is 0 Å². The Kier molecular flexibility index (Phi) is 3.16. The first-order valence-electron chi connectivity index (χ1n) is 3.41. The summed E-state index contributed by atoms with van der Waals surface area (Å²) in [7, 11) is 0. The van der Waals surface area contributed by atoms with Gasteiger partial charge in [0.15, 0.2) is 0 Å². The van der Waals surface area contributed by atoms with Gasteiger partial charge in [-0.2, -0.15) is 0 Å². The quantitative estimate of drug-likeness (QED) is 0.471. The summed E-state index contributed by atoms with van der Waals surface area (Å²) in [5, 5.41) is 8.43. The Balaban J connectivity index is 2.69. The molecule has 0 saturated carbocycles. The average Bonchev–Trinajstić information content (AvgIpc) is 2.02. The van der Waals surface area contributed by atoms with Crippen molar-refractivity contribution >= 4 is 14.5 Å². The number of hydrogen-bond donors (Lipinski definition) is 1. The van der Waals surface area contributed by atoms with Crippen LogP contribution in [0.25, 0.3) is 0 Å². The molecule has 0 saturated heterocycles. The van der Waals surface area contributed by atoms with Crippen LogP contribution in [0.2, 0.25) is 0 Å². The van der Waals surface area contributed by atoms with E-state index in [1.165, 1.54) is 12.1 Å². The van der Waals surface area contributed by atoms with Gasteiger partial charge in [-0.3, -0.25) is 0 Å². The molecule has 1 atom stereocenters. The van der Waals surface area contributed by atoms with Crippen molar-refractivity contribution in [3.8, 4) is 5.75 Å². The van der Waals surface area contributed by atoms with Crippen molar-refractivity contribution in [2.45, 2.75) is 0 Å². The summed E-state index contributed by atoms with van der Waals surface area (Å²) in [6, 6.07) is 7.53. The fourth-order valence-electron chi connectivity index (χ4n) is 0.715. The molecule has 0 radical (unpaired) electrons. The predicted molar refractivity (Wildman–Crippen MR) is 43.8 cm³/mol. The Morgan fingerprint density at radius 3 is 2.43 bits per heavy atom. The van der Waals surface area contributed by atoms with Crippen molar-refractivity contribution in [3.05, 3.63) is 40.4 Å². The van der Waals surface area contributed by atoms with Gasteiger partial charge >= 0.3 is 81.2 Å². The molecule has 0 aliphatic heterocycles. The van der Waals surface area contributed by atoms with E-state index in [1.54, 1.807) is 18.2 Å². The first-order valence-corrected chi connectivity index (χ1v) is 6.55. The maximum atomic E-state index is 10.9. The monoisotopic (exact) mass is 263 g/mol. The molecule has 0 fully saturated rings. The van der Waals surface area contributed by atoms with E-state index in [0.717, 1.165) is 0 Å². The summed E-state index contributed by atoms with van der Waals surface area (Å²) in [6.07, 6.45) is 0. The maximum absolute atomic E-state index is 10.9. The summed E-state index contributed by atoms with van der Waals surface area (Å²) in [5.41, 5.74) is 0. The number of hydrogen-bond acceptors (Lipinski definition) is 5. The second kappa shape index (κ2) is 4.17. The van der Waals surface area contributed by atoms with Crippen molar-refractivity contribution in [2.24, 2.45) is 0 Å². The van der Waals surface area contributed by atoms with E-state index in [-0.39, 0.29) is 5.75 Å². The summed E-state index contributed by atoms with van der Waals surface area (Å²) in [4.78, 5) is 9.79. The number of benzene rings is 1. The summed E-state index contributed by atoms with van der Waals surface area (Å²) in [6.45, 7) is 0. The Bertz CT molecular complexity index is 366. The van der Waals surface area contributed by atoms with E-state index in [9.17, 15) is 13.9 Å². The molecule has 8 heteroatoms. The molecular weight excluding hydrogens is 257 g/mol. The first kappa shape index (κ1) is 10.6. The Morgan fingerprint density at radius 2 is 1.93 bits per heavy atom. The third kappa shape index (κ3) is 3.51. The van der Waals surface area contributed by atoms with Gasteiger partial charge in [0.2, 0.25) is 0 Å². The van der Waals surface area contributed by atoms with Crippen LogP contribution in [0.5, 0.6) is 5.75 Å². The van der Waals surface area contributed by atoms with E-state index in [2.05, 4.69) is 7.55 Å². The zero-order chi connectivity index (χ0) is 10.6. The Labute approximate surface area is 81.7 Å². The molecule has 0 heterocycles. The van der Waals surface area contributed by atoms with Crippen LogP contribution in [0, 0.1) is 10.1 Å². The van der Waals surface area contributed by atoms with Crippen molar-refractivity contribution in [2.75, 3.05) is 0 Å². The zero-order valence-electron chi connectivity index (χ0n) is 6.77. The van der Waals surface area contributed by atoms with Crippen LogP contribution in [0.15, 0.2) is 30.3 Å². The molecule has 0 aliphatic carbocycles. The summed E-state index contributed by atoms with van der Waals surface area (Å²) in [5.74, 6) is 0.0411. The van der Waals surface area contributed by atoms with Crippen LogP contribution >= 0.6 is 0 Å². The van der Waals surface area contributed by atoms with Gasteiger partial charge in [-0.25, -0.2) is 0 Å². The van der Waals surface area contributed by atoms with Gasteiger partial charge in [-0.15, -0.1) is 0 Å². The molecule has 0 aromatic heterocycles. The molecule has 1 aromatic carbocycles. The Morgan fingerprint density at radius 1 is 1.36 bits per heavy atom. The fraction of sp³-hybridized carbons (Fsp3) is 0. The molecule has 0 bridgehead atoms. The van der Waals surface area contributed by atoms with Crippen molar-refractivity contribution in [1.29, 1.82) is 0 Å². The van der Waals surface area contributed by atoms with Crippen LogP contribution in [0.3, 0.4) is 0 Å². The van der Waals surface area contributed by atoms with E-state index < -0.39 is 19.6 Å². The molecular formula is C6H6AsNO6. The standard InChI is InChI=1S/C6H6AsNO6/c9-7(10,14-8(11)12)13-6-4-2-1-3-5-6/h1-5H,(H,9,10). The van der Waals surface area contributed by atoms with Crippen LogP contribution in [-0.2, 0) is 7.57 Å². The second-order valence-corrected chi connectivity index (χ2v) is 4.87. The number of para-hydroxylation sites is 1. The van der Waals surface area contributed by atoms with Crippen LogP contribution in [0.1, 0.15) is 0 Å². The summed E-state index contributed by atoms with van der Waals surface area (Å²) < 4.78 is 27.7. The molecule has 1 unspecified atom stereocenters. The van der Waals surface area contributed by atoms with Gasteiger partial charge in [0.25, 0.3) is 0 Å². The molecule has 1 rings (SSSR count). The Hall–Kier alpha value is -1.46. The molecule has 1 N–H and O–H groups in total. The molecule has 76 valence electrons. The molecule has 0 aliphatic rings. The molecule has 0 spiro atoms. The van der Waals surface area contributed by atoms with Gasteiger partial charge in [0.05, 0.1) is 0 Å². The SMILES string of the molecule is O=[N+]([O-])O[As](=O)(O)Oc1ccccc1. The van der Waals surface area contributed by atoms with Crippen molar-refractivity contribution < 1.29 is 20.5 Å². The zero-order valence-corrected chi connectivity index (χ0v) is 8.65. The third-order valence-electron chi connectivity index (χ3n) is 1.13. The van der Waals surface area contributed by atoms with Crippen LogP contribution in [0.4, 0.5) is 0 Å². The third-order valence-corrected chi connectivity index (χ3v) is 2.77. The fourth-order valence-corrected chi connectivity index (χ4v) is 1.95. The van der Waals surface area contributed by atoms with Gasteiger partial charge in [-0.05, 0) is 0 Å². The van der Waals surface area contributed by atoms with E-state index in [0.29, 0.717) is 0 Å². The number of rotatable bonds is 4. The normalized spacial score (nSPS) is 14.1. The number of nitrogens with zero attached hydrogens (tertiary/aromatic N) is 1. The van der Waals surface area contributed by atoms with Gasteiger partial charge in [0, 0.05) is 0 Å². The summed E-state index contributed by atoms with van der Waals surface area (Å²) >= 11 is -5.30. The topological polar surface area (TPSA) is 98.9 Å².